The van der Waals surface area contributed by atoms with Gasteiger partial charge in [-0.15, -0.1) is 0 Å². The summed E-state index contributed by atoms with van der Waals surface area (Å²) >= 11 is 0. The van der Waals surface area contributed by atoms with Crippen LogP contribution in [0.4, 0.5) is 0 Å². The number of β-amino-alcohol motifs (C(OH)–C–C–N with tert-alkyl or cyclic N) is 1. The Bertz CT molecular complexity index is 411. The van der Waals surface area contributed by atoms with Crippen LogP contribution >= 0.6 is 0 Å². The molecule has 1 heterocycles. The highest BCUT2D eigenvalue weighted by atomic mass is 16.5. The Morgan fingerprint density at radius 2 is 1.71 bits per heavy atom. The second kappa shape index (κ2) is 7.66. The number of rotatable bonds is 6. The number of hydrogen-bond acceptors (Lipinski definition) is 4. The van der Waals surface area contributed by atoms with Gasteiger partial charge in [-0.2, -0.15) is 0 Å². The molecule has 0 aromatic heterocycles. The summed E-state index contributed by atoms with van der Waals surface area (Å²) < 4.78 is 10.8. The van der Waals surface area contributed by atoms with Crippen LogP contribution in [0.15, 0.2) is 24.3 Å². The van der Waals surface area contributed by atoms with E-state index in [0.29, 0.717) is 25.2 Å². The molecule has 4 heteroatoms. The van der Waals surface area contributed by atoms with Gasteiger partial charge in [0.05, 0.1) is 7.11 Å². The van der Waals surface area contributed by atoms with Crippen LogP contribution in [0.2, 0.25) is 0 Å². The van der Waals surface area contributed by atoms with Crippen molar-refractivity contribution < 1.29 is 14.6 Å². The summed E-state index contributed by atoms with van der Waals surface area (Å²) in [5.41, 5.74) is 0. The van der Waals surface area contributed by atoms with Gasteiger partial charge in [-0.3, -0.25) is 4.90 Å². The Balaban J connectivity index is 1.79. The molecule has 0 amide bonds. The van der Waals surface area contributed by atoms with Gasteiger partial charge in [-0.1, -0.05) is 6.42 Å². The SMILES string of the molecule is COc1ccc(OC[C@H](O)CN2[C@H](C)CCC[C@H]2C)cc1. The third-order valence-electron chi connectivity index (χ3n) is 4.30. The van der Waals surface area contributed by atoms with Gasteiger partial charge < -0.3 is 14.6 Å². The molecule has 0 bridgehead atoms. The highest BCUT2D eigenvalue weighted by Gasteiger charge is 2.26. The number of methoxy groups -OCH3 is 1. The quantitative estimate of drug-likeness (QED) is 0.875. The molecule has 2 rings (SSSR count). The van der Waals surface area contributed by atoms with E-state index in [2.05, 4.69) is 18.7 Å². The van der Waals surface area contributed by atoms with E-state index in [1.807, 2.05) is 24.3 Å². The first-order chi connectivity index (χ1) is 10.1. The first kappa shape index (κ1) is 16.1. The average molecular weight is 293 g/mol. The van der Waals surface area contributed by atoms with Crippen molar-refractivity contribution in [2.75, 3.05) is 20.3 Å². The van der Waals surface area contributed by atoms with Crippen LogP contribution in [0.25, 0.3) is 0 Å². The second-order valence-corrected chi connectivity index (χ2v) is 5.97. The fourth-order valence-electron chi connectivity index (χ4n) is 3.00. The molecular formula is C17H27NO3. The molecule has 0 unspecified atom stereocenters. The first-order valence-electron chi connectivity index (χ1n) is 7.81. The van der Waals surface area contributed by atoms with Crippen molar-refractivity contribution in [2.24, 2.45) is 0 Å². The van der Waals surface area contributed by atoms with Crippen molar-refractivity contribution in [2.45, 2.75) is 51.3 Å². The van der Waals surface area contributed by atoms with Gasteiger partial charge >= 0.3 is 0 Å². The number of ether oxygens (including phenoxy) is 2. The van der Waals surface area contributed by atoms with Gasteiger partial charge in [0.25, 0.3) is 0 Å². The van der Waals surface area contributed by atoms with Crippen molar-refractivity contribution in [1.29, 1.82) is 0 Å². The lowest BCUT2D eigenvalue weighted by molar-refractivity contribution is 0.0209. The fourth-order valence-corrected chi connectivity index (χ4v) is 3.00. The molecule has 1 aromatic rings. The van der Waals surface area contributed by atoms with Gasteiger partial charge in [0, 0.05) is 18.6 Å². The van der Waals surface area contributed by atoms with Crippen LogP contribution in [0, 0.1) is 0 Å². The number of aliphatic hydroxyl groups excluding tert-OH is 1. The summed E-state index contributed by atoms with van der Waals surface area (Å²) in [5, 5.41) is 10.2. The average Bonchev–Trinajstić information content (AvgIpc) is 2.49. The summed E-state index contributed by atoms with van der Waals surface area (Å²) in [6.45, 7) is 5.49. The number of benzene rings is 1. The molecule has 3 atom stereocenters. The zero-order chi connectivity index (χ0) is 15.2. The van der Waals surface area contributed by atoms with Gasteiger partial charge in [-0.05, 0) is 51.0 Å². The predicted octanol–water partition coefficient (Wildman–Crippen LogP) is 2.70. The Labute approximate surface area is 127 Å². The maximum absolute atomic E-state index is 10.2. The highest BCUT2D eigenvalue weighted by molar-refractivity contribution is 5.31. The minimum absolute atomic E-state index is 0.322. The van der Waals surface area contributed by atoms with Gasteiger partial charge in [0.15, 0.2) is 0 Å². The molecule has 0 saturated carbocycles. The Hall–Kier alpha value is -1.26. The summed E-state index contributed by atoms with van der Waals surface area (Å²) in [7, 11) is 1.64. The molecule has 0 aliphatic carbocycles. The van der Waals surface area contributed by atoms with Crippen molar-refractivity contribution in [3.63, 3.8) is 0 Å². The van der Waals surface area contributed by atoms with Gasteiger partial charge in [-0.25, -0.2) is 0 Å². The summed E-state index contributed by atoms with van der Waals surface area (Å²) in [6, 6.07) is 8.52. The third kappa shape index (κ3) is 4.61. The summed E-state index contributed by atoms with van der Waals surface area (Å²) in [6.07, 6.45) is 3.26. The van der Waals surface area contributed by atoms with E-state index < -0.39 is 6.10 Å². The molecular weight excluding hydrogens is 266 g/mol. The predicted molar refractivity (Wildman–Crippen MR) is 84.0 cm³/mol. The number of hydrogen-bond donors (Lipinski definition) is 1. The van der Waals surface area contributed by atoms with E-state index in [-0.39, 0.29) is 0 Å². The topological polar surface area (TPSA) is 41.9 Å². The number of piperidine rings is 1. The number of aliphatic hydroxyl groups is 1. The largest absolute Gasteiger partial charge is 0.497 e. The van der Waals surface area contributed by atoms with E-state index in [9.17, 15) is 5.11 Å². The van der Waals surface area contributed by atoms with Crippen molar-refractivity contribution in [3.8, 4) is 11.5 Å². The van der Waals surface area contributed by atoms with Crippen molar-refractivity contribution >= 4 is 0 Å². The lowest BCUT2D eigenvalue weighted by Gasteiger charge is -2.40. The minimum atomic E-state index is -0.463. The van der Waals surface area contributed by atoms with E-state index in [0.717, 1.165) is 11.5 Å². The van der Waals surface area contributed by atoms with E-state index in [1.54, 1.807) is 7.11 Å². The lowest BCUT2D eigenvalue weighted by Crippen LogP contribution is -2.48. The molecule has 1 aromatic carbocycles. The standard InChI is InChI=1S/C17H27NO3/c1-13-5-4-6-14(2)18(13)11-15(19)12-21-17-9-7-16(20-3)8-10-17/h7-10,13-15,19H,4-6,11-12H2,1-3H3/t13-,14-,15-/m1/s1. The molecule has 1 aliphatic rings. The van der Waals surface area contributed by atoms with Gasteiger partial charge in [0.1, 0.15) is 24.2 Å². The van der Waals surface area contributed by atoms with Crippen LogP contribution < -0.4 is 9.47 Å². The summed E-state index contributed by atoms with van der Waals surface area (Å²) in [5.74, 6) is 1.56. The van der Waals surface area contributed by atoms with Crippen LogP contribution in [0.3, 0.4) is 0 Å². The Kier molecular flexibility index (Phi) is 5.88. The smallest absolute Gasteiger partial charge is 0.119 e. The minimum Gasteiger partial charge on any atom is -0.497 e. The van der Waals surface area contributed by atoms with E-state index in [4.69, 9.17) is 9.47 Å². The normalized spacial score (nSPS) is 24.6. The van der Waals surface area contributed by atoms with Crippen molar-refractivity contribution in [3.05, 3.63) is 24.3 Å². The molecule has 1 fully saturated rings. The molecule has 0 radical (unpaired) electrons. The monoisotopic (exact) mass is 293 g/mol. The molecule has 1 aliphatic heterocycles. The third-order valence-corrected chi connectivity index (χ3v) is 4.30. The molecule has 0 spiro atoms. The Morgan fingerprint density at radius 3 is 2.29 bits per heavy atom. The molecule has 1 saturated heterocycles. The van der Waals surface area contributed by atoms with Crippen LogP contribution in [0.1, 0.15) is 33.1 Å². The maximum Gasteiger partial charge on any atom is 0.119 e. The van der Waals surface area contributed by atoms with E-state index >= 15 is 0 Å². The first-order valence-corrected chi connectivity index (χ1v) is 7.81. The second-order valence-electron chi connectivity index (χ2n) is 5.97. The lowest BCUT2D eigenvalue weighted by atomic mass is 9.97. The Morgan fingerprint density at radius 1 is 1.14 bits per heavy atom. The molecule has 118 valence electrons. The number of likely N-dealkylation sites (tertiary alicyclic amines) is 1. The van der Waals surface area contributed by atoms with Crippen LogP contribution in [-0.4, -0.2) is 48.5 Å². The maximum atomic E-state index is 10.2. The molecule has 1 N–H and O–H groups in total. The zero-order valence-corrected chi connectivity index (χ0v) is 13.3. The van der Waals surface area contributed by atoms with Crippen LogP contribution in [-0.2, 0) is 0 Å². The van der Waals surface area contributed by atoms with Gasteiger partial charge in [0.2, 0.25) is 0 Å². The van der Waals surface area contributed by atoms with Crippen LogP contribution in [0.5, 0.6) is 11.5 Å². The highest BCUT2D eigenvalue weighted by Crippen LogP contribution is 2.23. The number of nitrogens with zero attached hydrogens (tertiary/aromatic N) is 1. The van der Waals surface area contributed by atoms with Crippen molar-refractivity contribution in [1.82, 2.24) is 4.90 Å². The van der Waals surface area contributed by atoms with E-state index in [1.165, 1.54) is 19.3 Å². The summed E-state index contributed by atoms with van der Waals surface area (Å²) in [4.78, 5) is 2.39. The fraction of sp³-hybridized carbons (Fsp3) is 0.647. The molecule has 4 nitrogen and oxygen atoms in total. The zero-order valence-electron chi connectivity index (χ0n) is 13.3. The molecule has 21 heavy (non-hydrogen) atoms.